The fourth-order valence-electron chi connectivity index (χ4n) is 4.52. The molecule has 3 aromatic carbocycles. The van der Waals surface area contributed by atoms with Gasteiger partial charge in [0.15, 0.2) is 10.6 Å². The van der Waals surface area contributed by atoms with E-state index in [4.69, 9.17) is 0 Å². The van der Waals surface area contributed by atoms with Crippen LogP contribution in [-0.4, -0.2) is 31.7 Å². The molecular formula is C31H26F3N7O2S. The third-order valence-electron chi connectivity index (χ3n) is 6.60. The van der Waals surface area contributed by atoms with E-state index in [0.29, 0.717) is 27.4 Å². The van der Waals surface area contributed by atoms with Crippen LogP contribution in [0, 0.1) is 18.3 Å². The smallest absolute Gasteiger partial charge is 0.406 e. The summed E-state index contributed by atoms with van der Waals surface area (Å²) < 4.78 is 44.5. The topological polar surface area (TPSA) is 110 Å². The summed E-state index contributed by atoms with van der Waals surface area (Å²) in [4.78, 5) is 22.0. The number of nitrogens with zero attached hydrogens (tertiary/aromatic N) is 6. The first-order chi connectivity index (χ1) is 21.0. The summed E-state index contributed by atoms with van der Waals surface area (Å²) in [7, 11) is 0. The Kier molecular flexibility index (Phi) is 8.64. The van der Waals surface area contributed by atoms with Crippen LogP contribution in [0.5, 0.6) is 5.75 Å². The van der Waals surface area contributed by atoms with E-state index in [1.165, 1.54) is 46.6 Å². The number of rotatable bonds is 7. The fourth-order valence-corrected chi connectivity index (χ4v) is 5.39. The Hall–Kier alpha value is -5.22. The van der Waals surface area contributed by atoms with Gasteiger partial charge in [-0.15, -0.1) is 29.6 Å². The third-order valence-corrected chi connectivity index (χ3v) is 7.55. The summed E-state index contributed by atoms with van der Waals surface area (Å²) in [5.41, 5.74) is 4.67. The number of benzene rings is 3. The van der Waals surface area contributed by atoms with Gasteiger partial charge in [0.1, 0.15) is 18.1 Å². The first kappa shape index (κ1) is 30.2. The maximum atomic E-state index is 13.0. The lowest BCUT2D eigenvalue weighted by Crippen LogP contribution is -2.28. The maximum Gasteiger partial charge on any atom is 0.573 e. The van der Waals surface area contributed by atoms with Crippen molar-refractivity contribution in [1.29, 1.82) is 5.26 Å². The predicted octanol–water partition coefficient (Wildman–Crippen LogP) is 6.99. The molecule has 0 fully saturated rings. The second-order valence-corrected chi connectivity index (χ2v) is 10.8. The Bertz CT molecular complexity index is 1880. The fraction of sp³-hybridized carbons (Fsp3) is 0.194. The number of nitrogens with one attached hydrogen (secondary N) is 1. The van der Waals surface area contributed by atoms with Crippen LogP contribution in [-0.2, 0) is 0 Å². The lowest BCUT2D eigenvalue weighted by molar-refractivity contribution is -0.274. The normalized spacial score (nSPS) is 12.6. The summed E-state index contributed by atoms with van der Waals surface area (Å²) in [5, 5.41) is 18.8. The van der Waals surface area contributed by atoms with Crippen molar-refractivity contribution in [1.82, 2.24) is 24.6 Å². The number of aryl methyl sites for hydroxylation is 1. The first-order valence-corrected chi connectivity index (χ1v) is 14.3. The van der Waals surface area contributed by atoms with Crippen molar-refractivity contribution in [2.24, 2.45) is 4.99 Å². The third kappa shape index (κ3) is 6.87. The predicted molar refractivity (Wildman–Crippen MR) is 158 cm³/mol. The number of hydrogen-bond donors (Lipinski definition) is 1. The maximum absolute atomic E-state index is 13.0. The van der Waals surface area contributed by atoms with Gasteiger partial charge in [0.05, 0.1) is 17.4 Å². The summed E-state index contributed by atoms with van der Waals surface area (Å²) in [5.74, 6) is 0.284. The standard InChI is InChI=1S/C31H26F3N7O2S/c1-19(2)25-6-4-5-7-27(25)41-20(3)17-44-30(41)38-29(42)37-26(16-35)21-8-10-22(11-9-21)28-36-18-40(39-28)23-12-14-24(15-13-23)43-31(32,33)34/h4-15,17-19,26H,1-3H3,(H,37,42)/b38-30-. The van der Waals surface area contributed by atoms with Crippen LogP contribution in [0.2, 0.25) is 0 Å². The van der Waals surface area contributed by atoms with E-state index in [-0.39, 0.29) is 11.7 Å². The molecule has 1 N–H and O–H groups in total. The Morgan fingerprint density at radius 2 is 1.77 bits per heavy atom. The van der Waals surface area contributed by atoms with Crippen LogP contribution in [0.15, 0.2) is 89.5 Å². The number of para-hydroxylation sites is 1. The quantitative estimate of drug-likeness (QED) is 0.212. The van der Waals surface area contributed by atoms with Crippen LogP contribution >= 0.6 is 11.3 Å². The van der Waals surface area contributed by atoms with Crippen LogP contribution in [0.4, 0.5) is 18.0 Å². The number of urea groups is 1. The summed E-state index contributed by atoms with van der Waals surface area (Å²) >= 11 is 1.34. The van der Waals surface area contributed by atoms with E-state index >= 15 is 0 Å². The number of thiazole rings is 1. The SMILES string of the molecule is Cc1cs/c(=N\C(=O)NC(C#N)c2ccc(-c3ncn(-c4ccc(OC(F)(F)F)cc4)n3)cc2)n1-c1ccccc1C(C)C. The number of alkyl halides is 3. The molecule has 2 heterocycles. The van der Waals surface area contributed by atoms with Crippen molar-refractivity contribution in [3.05, 3.63) is 106 Å². The number of aromatic nitrogens is 4. The lowest BCUT2D eigenvalue weighted by Gasteiger charge is -2.15. The highest BCUT2D eigenvalue weighted by atomic mass is 32.1. The molecule has 9 nitrogen and oxygen atoms in total. The van der Waals surface area contributed by atoms with E-state index in [9.17, 15) is 23.2 Å². The molecule has 1 atom stereocenters. The number of amides is 2. The minimum atomic E-state index is -4.78. The minimum Gasteiger partial charge on any atom is -0.406 e. The molecule has 5 rings (SSSR count). The Balaban J connectivity index is 1.31. The van der Waals surface area contributed by atoms with E-state index in [0.717, 1.165) is 16.9 Å². The number of carbonyl (C=O) groups excluding carboxylic acids is 1. The molecule has 0 bridgehead atoms. The zero-order valence-electron chi connectivity index (χ0n) is 23.8. The largest absolute Gasteiger partial charge is 0.573 e. The Morgan fingerprint density at radius 3 is 2.43 bits per heavy atom. The average molecular weight is 618 g/mol. The minimum absolute atomic E-state index is 0.267. The molecule has 0 aliphatic heterocycles. The van der Waals surface area contributed by atoms with Crippen LogP contribution in [0.1, 0.15) is 42.6 Å². The molecule has 0 aliphatic rings. The van der Waals surface area contributed by atoms with Crippen molar-refractivity contribution >= 4 is 17.4 Å². The van der Waals surface area contributed by atoms with Crippen LogP contribution in [0.25, 0.3) is 22.8 Å². The number of hydrogen-bond acceptors (Lipinski definition) is 6. The van der Waals surface area contributed by atoms with Gasteiger partial charge in [-0.25, -0.2) is 14.5 Å². The molecule has 0 aliphatic carbocycles. The second-order valence-electron chi connectivity index (χ2n) is 10.0. The number of nitriles is 1. The monoisotopic (exact) mass is 617 g/mol. The van der Waals surface area contributed by atoms with Crippen molar-refractivity contribution < 1.29 is 22.7 Å². The van der Waals surface area contributed by atoms with Crippen molar-refractivity contribution in [2.75, 3.05) is 0 Å². The van der Waals surface area contributed by atoms with Gasteiger partial charge in [-0.3, -0.25) is 4.57 Å². The summed E-state index contributed by atoms with van der Waals surface area (Å²) in [6.07, 6.45) is -3.34. The highest BCUT2D eigenvalue weighted by molar-refractivity contribution is 7.07. The molecular weight excluding hydrogens is 591 g/mol. The lowest BCUT2D eigenvalue weighted by atomic mass is 10.0. The number of ether oxygens (including phenoxy) is 1. The van der Waals surface area contributed by atoms with Gasteiger partial charge in [-0.2, -0.15) is 10.3 Å². The summed E-state index contributed by atoms with van der Waals surface area (Å²) in [6, 6.07) is 20.5. The van der Waals surface area contributed by atoms with Crippen molar-refractivity contribution in [3.8, 4) is 34.6 Å². The molecule has 0 radical (unpaired) electrons. The van der Waals surface area contributed by atoms with Gasteiger partial charge < -0.3 is 10.1 Å². The van der Waals surface area contributed by atoms with E-state index < -0.39 is 18.4 Å². The van der Waals surface area contributed by atoms with Gasteiger partial charge >= 0.3 is 12.4 Å². The molecule has 0 spiro atoms. The molecule has 2 aromatic heterocycles. The highest BCUT2D eigenvalue weighted by Gasteiger charge is 2.31. The molecule has 0 saturated carbocycles. The molecule has 1 unspecified atom stereocenters. The van der Waals surface area contributed by atoms with Gasteiger partial charge in [-0.05, 0) is 54.3 Å². The Labute approximate surface area is 254 Å². The molecule has 44 heavy (non-hydrogen) atoms. The zero-order chi connectivity index (χ0) is 31.4. The molecule has 5 aromatic rings. The summed E-state index contributed by atoms with van der Waals surface area (Å²) in [6.45, 7) is 6.16. The molecule has 0 saturated heterocycles. The first-order valence-electron chi connectivity index (χ1n) is 13.4. The van der Waals surface area contributed by atoms with Crippen LogP contribution in [0.3, 0.4) is 0 Å². The van der Waals surface area contributed by atoms with Crippen molar-refractivity contribution in [2.45, 2.75) is 39.1 Å². The van der Waals surface area contributed by atoms with Crippen LogP contribution < -0.4 is 14.9 Å². The van der Waals surface area contributed by atoms with Gasteiger partial charge in [-0.1, -0.05) is 56.3 Å². The van der Waals surface area contributed by atoms with Gasteiger partial charge in [0.2, 0.25) is 0 Å². The molecule has 2 amide bonds. The zero-order valence-corrected chi connectivity index (χ0v) is 24.6. The van der Waals surface area contributed by atoms with E-state index in [1.54, 1.807) is 24.3 Å². The van der Waals surface area contributed by atoms with Crippen molar-refractivity contribution in [3.63, 3.8) is 0 Å². The van der Waals surface area contributed by atoms with E-state index in [1.807, 2.05) is 35.1 Å². The van der Waals surface area contributed by atoms with Gasteiger partial charge in [0, 0.05) is 16.6 Å². The second kappa shape index (κ2) is 12.6. The number of carbonyl (C=O) groups is 1. The number of halogens is 3. The Morgan fingerprint density at radius 1 is 1.07 bits per heavy atom. The van der Waals surface area contributed by atoms with Gasteiger partial charge in [0.25, 0.3) is 0 Å². The highest BCUT2D eigenvalue weighted by Crippen LogP contribution is 2.25. The average Bonchev–Trinajstić information content (AvgIpc) is 3.62. The van der Waals surface area contributed by atoms with E-state index in [2.05, 4.69) is 51.1 Å². The molecule has 13 heteroatoms. The molecule has 224 valence electrons.